The van der Waals surface area contributed by atoms with E-state index in [4.69, 9.17) is 0 Å². The maximum atomic E-state index is 12.5. The van der Waals surface area contributed by atoms with Crippen LogP contribution in [0.25, 0.3) is 0 Å². The lowest BCUT2D eigenvalue weighted by Gasteiger charge is -2.47. The summed E-state index contributed by atoms with van der Waals surface area (Å²) in [5.41, 5.74) is 0. The lowest BCUT2D eigenvalue weighted by atomic mass is 9.66. The van der Waals surface area contributed by atoms with Gasteiger partial charge in [0.05, 0.1) is 35.6 Å². The molecule has 0 amide bonds. The summed E-state index contributed by atoms with van der Waals surface area (Å²) in [6.07, 6.45) is 9.38. The largest absolute Gasteiger partial charge is 0.391 e. The molecule has 0 radical (unpaired) electrons. The summed E-state index contributed by atoms with van der Waals surface area (Å²) in [4.78, 5) is 0. The second-order valence-electron chi connectivity index (χ2n) is 14.3. The predicted octanol–water partition coefficient (Wildman–Crippen LogP) is 3.71. The minimum absolute atomic E-state index is 0.0305. The lowest BCUT2D eigenvalue weighted by molar-refractivity contribution is -0.0135. The SMILES string of the molecule is CC1CC(N=NC2C(O)C3CCC(NC4CCCCC4)CC3CC2S(=O)(=O)O)C(O)CC1N=NC1CCCC(S(=O)(=O)O)C1. The van der Waals surface area contributed by atoms with Gasteiger partial charge in [-0.1, -0.05) is 26.2 Å². The van der Waals surface area contributed by atoms with Gasteiger partial charge in [0.25, 0.3) is 20.2 Å². The summed E-state index contributed by atoms with van der Waals surface area (Å²) in [6.45, 7) is 1.96. The van der Waals surface area contributed by atoms with E-state index in [1.807, 2.05) is 6.92 Å². The molecule has 12 atom stereocenters. The van der Waals surface area contributed by atoms with Gasteiger partial charge >= 0.3 is 0 Å². The van der Waals surface area contributed by atoms with Gasteiger partial charge in [-0.25, -0.2) is 0 Å². The molecular weight excluding hydrogens is 610 g/mol. The Morgan fingerprint density at radius 2 is 1.39 bits per heavy atom. The Balaban J connectivity index is 1.19. The van der Waals surface area contributed by atoms with Crippen molar-refractivity contribution >= 4 is 20.2 Å². The van der Waals surface area contributed by atoms with Gasteiger partial charge < -0.3 is 15.5 Å². The molecule has 0 aromatic rings. The molecule has 5 N–H and O–H groups in total. The number of nitrogens with zero attached hydrogens (tertiary/aromatic N) is 4. The zero-order valence-electron chi connectivity index (χ0n) is 25.6. The number of azo groups is 2. The lowest BCUT2D eigenvalue weighted by Crippen LogP contribution is -2.56. The molecule has 0 aromatic heterocycles. The molecule has 44 heavy (non-hydrogen) atoms. The molecule has 12 unspecified atom stereocenters. The van der Waals surface area contributed by atoms with Crippen LogP contribution in [0.3, 0.4) is 0 Å². The van der Waals surface area contributed by atoms with Crippen molar-refractivity contribution in [3.05, 3.63) is 0 Å². The fourth-order valence-corrected chi connectivity index (χ4v) is 10.6. The summed E-state index contributed by atoms with van der Waals surface area (Å²) in [6, 6.07) is -1.55. The Kier molecular flexibility index (Phi) is 11.2. The van der Waals surface area contributed by atoms with Gasteiger partial charge in [-0.3, -0.25) is 9.11 Å². The summed E-state index contributed by atoms with van der Waals surface area (Å²) < 4.78 is 67.7. The highest BCUT2D eigenvalue weighted by atomic mass is 32.2. The van der Waals surface area contributed by atoms with Gasteiger partial charge in [-0.15, -0.1) is 0 Å². The Labute approximate surface area is 261 Å². The Hall–Kier alpha value is -1.10. The molecular formula is C29H51N5O8S2. The van der Waals surface area contributed by atoms with Crippen LogP contribution in [0.1, 0.15) is 103 Å². The fraction of sp³-hybridized carbons (Fsp3) is 1.00. The molecule has 252 valence electrons. The molecule has 5 rings (SSSR count). The first kappa shape index (κ1) is 34.2. The number of fused-ring (bicyclic) bond motifs is 1. The van der Waals surface area contributed by atoms with E-state index in [1.165, 1.54) is 19.3 Å². The Morgan fingerprint density at radius 3 is 2.09 bits per heavy atom. The second-order valence-corrected chi connectivity index (χ2v) is 17.6. The first-order valence-corrected chi connectivity index (χ1v) is 19.6. The van der Waals surface area contributed by atoms with E-state index in [0.717, 1.165) is 32.1 Å². The smallest absolute Gasteiger partial charge is 0.270 e. The van der Waals surface area contributed by atoms with Gasteiger partial charge in [0.15, 0.2) is 0 Å². The Bertz CT molecular complexity index is 1240. The number of hydrogen-bond acceptors (Lipinski definition) is 11. The number of aliphatic hydroxyl groups is 2. The van der Waals surface area contributed by atoms with Crippen molar-refractivity contribution < 1.29 is 36.2 Å². The zero-order chi connectivity index (χ0) is 31.6. The maximum Gasteiger partial charge on any atom is 0.270 e. The van der Waals surface area contributed by atoms with Crippen LogP contribution in [-0.2, 0) is 20.2 Å². The molecule has 0 saturated heterocycles. The van der Waals surface area contributed by atoms with E-state index < -0.39 is 55.0 Å². The first-order valence-electron chi connectivity index (χ1n) is 16.6. The maximum absolute atomic E-state index is 12.5. The summed E-state index contributed by atoms with van der Waals surface area (Å²) in [7, 11) is -8.61. The van der Waals surface area contributed by atoms with Crippen LogP contribution in [0.15, 0.2) is 20.5 Å². The van der Waals surface area contributed by atoms with Crippen molar-refractivity contribution in [3.63, 3.8) is 0 Å². The highest BCUT2D eigenvalue weighted by molar-refractivity contribution is 7.86. The van der Waals surface area contributed by atoms with Crippen molar-refractivity contribution in [1.29, 1.82) is 0 Å². The number of hydrogen-bond donors (Lipinski definition) is 5. The van der Waals surface area contributed by atoms with Gasteiger partial charge in [0.1, 0.15) is 11.3 Å². The van der Waals surface area contributed by atoms with Crippen molar-refractivity contribution in [2.24, 2.45) is 38.2 Å². The summed E-state index contributed by atoms with van der Waals surface area (Å²) in [5, 5.41) is 41.5. The molecule has 5 fully saturated rings. The van der Waals surface area contributed by atoms with Crippen LogP contribution < -0.4 is 5.32 Å². The number of aliphatic hydroxyl groups excluding tert-OH is 2. The van der Waals surface area contributed by atoms with Gasteiger partial charge in [0.2, 0.25) is 0 Å². The predicted molar refractivity (Wildman–Crippen MR) is 164 cm³/mol. The van der Waals surface area contributed by atoms with Crippen molar-refractivity contribution in [2.45, 2.75) is 162 Å². The van der Waals surface area contributed by atoms with Crippen LogP contribution in [0, 0.1) is 17.8 Å². The number of rotatable bonds is 8. The quantitative estimate of drug-likeness (QED) is 0.189. The molecule has 0 aromatic carbocycles. The zero-order valence-corrected chi connectivity index (χ0v) is 27.3. The van der Waals surface area contributed by atoms with E-state index in [0.29, 0.717) is 31.7 Å². The van der Waals surface area contributed by atoms with E-state index >= 15 is 0 Å². The molecule has 5 saturated carbocycles. The average Bonchev–Trinajstić information content (AvgIpc) is 2.97. The molecule has 15 heteroatoms. The van der Waals surface area contributed by atoms with E-state index in [9.17, 15) is 36.2 Å². The van der Waals surface area contributed by atoms with Crippen LogP contribution >= 0.6 is 0 Å². The highest BCUT2D eigenvalue weighted by Gasteiger charge is 2.51. The minimum Gasteiger partial charge on any atom is -0.391 e. The van der Waals surface area contributed by atoms with Gasteiger partial charge in [-0.05, 0) is 94.8 Å². The first-order chi connectivity index (χ1) is 20.8. The molecule has 5 aliphatic carbocycles. The van der Waals surface area contributed by atoms with E-state index in [1.54, 1.807) is 0 Å². The average molecular weight is 662 g/mol. The molecule has 0 heterocycles. The van der Waals surface area contributed by atoms with Crippen LogP contribution in [0.2, 0.25) is 0 Å². The fourth-order valence-electron chi connectivity index (χ4n) is 8.57. The van der Waals surface area contributed by atoms with Crippen LogP contribution in [0.5, 0.6) is 0 Å². The monoisotopic (exact) mass is 661 g/mol. The van der Waals surface area contributed by atoms with Crippen molar-refractivity contribution in [3.8, 4) is 0 Å². The standard InChI is InChI=1S/C29H51N5O8S2/c1-17-12-25(26(35)16-24(17)32-31-21-8-5-9-22(15-21)43(37,38)39)33-34-28-27(44(40,41)42)14-18-13-20(10-11-23(18)29(28)36)30-19-6-3-2-4-7-19/h17-30,35-36H,2-16H2,1H3,(H,37,38,39)(H,40,41,42). The van der Waals surface area contributed by atoms with Crippen LogP contribution in [0.4, 0.5) is 0 Å². The molecule has 0 spiro atoms. The van der Waals surface area contributed by atoms with Crippen molar-refractivity contribution in [1.82, 2.24) is 5.32 Å². The minimum atomic E-state index is -4.50. The second kappa shape index (κ2) is 14.3. The third kappa shape index (κ3) is 8.43. The van der Waals surface area contributed by atoms with Crippen molar-refractivity contribution in [2.75, 3.05) is 0 Å². The molecule has 0 bridgehead atoms. The molecule has 13 nitrogen and oxygen atoms in total. The van der Waals surface area contributed by atoms with Gasteiger partial charge in [0, 0.05) is 12.1 Å². The topological polar surface area (TPSA) is 211 Å². The third-order valence-electron chi connectivity index (χ3n) is 11.1. The van der Waals surface area contributed by atoms with E-state index in [2.05, 4.69) is 25.8 Å². The highest BCUT2D eigenvalue weighted by Crippen LogP contribution is 2.44. The Morgan fingerprint density at radius 1 is 0.659 bits per heavy atom. The molecule has 5 aliphatic rings. The summed E-state index contributed by atoms with van der Waals surface area (Å²) >= 11 is 0. The molecule has 0 aliphatic heterocycles. The number of nitrogens with one attached hydrogen (secondary N) is 1. The van der Waals surface area contributed by atoms with Crippen LogP contribution in [-0.4, -0.2) is 95.1 Å². The third-order valence-corrected chi connectivity index (χ3v) is 13.7. The van der Waals surface area contributed by atoms with E-state index in [-0.39, 0.29) is 55.1 Å². The summed E-state index contributed by atoms with van der Waals surface area (Å²) in [5.74, 6) is -0.194. The normalized spacial score (nSPS) is 43.3. The van der Waals surface area contributed by atoms with Gasteiger partial charge in [-0.2, -0.15) is 37.3 Å².